The Labute approximate surface area is 122 Å². The number of ether oxygens (including phenoxy) is 1. The molecule has 116 valence electrons. The van der Waals surface area contributed by atoms with E-state index in [1.165, 1.54) is 0 Å². The van der Waals surface area contributed by atoms with E-state index < -0.39 is 5.97 Å². The Morgan fingerprint density at radius 3 is 2.60 bits per heavy atom. The van der Waals surface area contributed by atoms with Crippen molar-refractivity contribution in [3.05, 3.63) is 0 Å². The Bertz CT molecular complexity index is 326. The topological polar surface area (TPSA) is 58.6 Å². The van der Waals surface area contributed by atoms with Gasteiger partial charge in [-0.3, -0.25) is 4.79 Å². The zero-order valence-electron chi connectivity index (χ0n) is 12.9. The normalized spacial score (nSPS) is 38.6. The van der Waals surface area contributed by atoms with Gasteiger partial charge in [0.2, 0.25) is 0 Å². The number of carboxylic acids is 1. The summed E-state index contributed by atoms with van der Waals surface area (Å²) in [5.41, 5.74) is 0.0386. The maximum atomic E-state index is 10.9. The van der Waals surface area contributed by atoms with Crippen molar-refractivity contribution in [1.82, 2.24) is 5.32 Å². The molecule has 1 aliphatic carbocycles. The lowest BCUT2D eigenvalue weighted by atomic mass is 9.81. The third-order valence-electron chi connectivity index (χ3n) is 5.23. The van der Waals surface area contributed by atoms with Crippen LogP contribution in [0.15, 0.2) is 0 Å². The molecule has 1 saturated carbocycles. The molecule has 4 nitrogen and oxygen atoms in total. The molecule has 2 atom stereocenters. The molecule has 2 N–H and O–H groups in total. The minimum atomic E-state index is -0.612. The van der Waals surface area contributed by atoms with Crippen LogP contribution in [-0.4, -0.2) is 35.9 Å². The standard InChI is InChI=1S/C16H29NO3/c1-3-16(2)10-14(8-9-20-16)17-11-12-4-6-13(7-5-12)15(18)19/h12-14,17H,3-11H2,1-2H3,(H,18,19). The average Bonchev–Trinajstić information content (AvgIpc) is 2.46. The fraction of sp³-hybridized carbons (Fsp3) is 0.938. The van der Waals surface area contributed by atoms with Crippen molar-refractivity contribution in [3.8, 4) is 0 Å². The summed E-state index contributed by atoms with van der Waals surface area (Å²) in [6.45, 7) is 6.29. The predicted octanol–water partition coefficient (Wildman–Crippen LogP) is 2.81. The molecule has 0 aromatic carbocycles. The zero-order valence-corrected chi connectivity index (χ0v) is 12.9. The first-order chi connectivity index (χ1) is 9.52. The first-order valence-corrected chi connectivity index (χ1v) is 8.12. The van der Waals surface area contributed by atoms with E-state index in [9.17, 15) is 4.79 Å². The Morgan fingerprint density at radius 2 is 2.00 bits per heavy atom. The first kappa shape index (κ1) is 15.8. The van der Waals surface area contributed by atoms with Crippen molar-refractivity contribution in [3.63, 3.8) is 0 Å². The third-order valence-corrected chi connectivity index (χ3v) is 5.23. The van der Waals surface area contributed by atoms with Gasteiger partial charge in [0.25, 0.3) is 0 Å². The second kappa shape index (κ2) is 6.90. The highest BCUT2D eigenvalue weighted by atomic mass is 16.5. The highest BCUT2D eigenvalue weighted by Crippen LogP contribution is 2.30. The van der Waals surface area contributed by atoms with Gasteiger partial charge in [0, 0.05) is 12.6 Å². The number of aliphatic carboxylic acids is 1. The number of nitrogens with one attached hydrogen (secondary N) is 1. The van der Waals surface area contributed by atoms with Crippen LogP contribution in [0.2, 0.25) is 0 Å². The van der Waals surface area contributed by atoms with Crippen LogP contribution in [0.4, 0.5) is 0 Å². The molecule has 2 aliphatic rings. The molecule has 4 heteroatoms. The Morgan fingerprint density at radius 1 is 1.30 bits per heavy atom. The SMILES string of the molecule is CCC1(C)CC(NCC2CCC(C(=O)O)CC2)CCO1. The molecule has 2 fully saturated rings. The number of rotatable bonds is 5. The summed E-state index contributed by atoms with van der Waals surface area (Å²) in [7, 11) is 0. The van der Waals surface area contributed by atoms with Crippen LogP contribution in [-0.2, 0) is 9.53 Å². The minimum Gasteiger partial charge on any atom is -0.481 e. The smallest absolute Gasteiger partial charge is 0.306 e. The molecule has 2 unspecified atom stereocenters. The molecule has 0 aromatic heterocycles. The number of hydrogen-bond acceptors (Lipinski definition) is 3. The Kier molecular flexibility index (Phi) is 5.44. The zero-order chi connectivity index (χ0) is 14.6. The Balaban J connectivity index is 1.69. The van der Waals surface area contributed by atoms with Crippen molar-refractivity contribution in [2.24, 2.45) is 11.8 Å². The van der Waals surface area contributed by atoms with E-state index >= 15 is 0 Å². The minimum absolute atomic E-state index is 0.0386. The van der Waals surface area contributed by atoms with Crippen LogP contribution in [0, 0.1) is 11.8 Å². The van der Waals surface area contributed by atoms with Gasteiger partial charge in [0.05, 0.1) is 11.5 Å². The summed E-state index contributed by atoms with van der Waals surface area (Å²) in [6, 6.07) is 0.561. The van der Waals surface area contributed by atoms with E-state index in [2.05, 4.69) is 19.2 Å². The van der Waals surface area contributed by atoms with Crippen LogP contribution in [0.25, 0.3) is 0 Å². The average molecular weight is 283 g/mol. The third kappa shape index (κ3) is 4.19. The van der Waals surface area contributed by atoms with Crippen LogP contribution in [0.1, 0.15) is 58.8 Å². The number of carboxylic acid groups (broad SMARTS) is 1. The Hall–Kier alpha value is -0.610. The molecule has 1 saturated heterocycles. The van der Waals surface area contributed by atoms with Gasteiger partial charge in [-0.1, -0.05) is 6.92 Å². The van der Waals surface area contributed by atoms with E-state index in [4.69, 9.17) is 9.84 Å². The van der Waals surface area contributed by atoms with Gasteiger partial charge in [0.15, 0.2) is 0 Å². The van der Waals surface area contributed by atoms with Crippen molar-refractivity contribution in [2.45, 2.75) is 70.4 Å². The van der Waals surface area contributed by atoms with E-state index in [0.29, 0.717) is 12.0 Å². The number of carbonyl (C=O) groups is 1. The molecule has 0 spiro atoms. The van der Waals surface area contributed by atoms with Crippen LogP contribution in [0.3, 0.4) is 0 Å². The summed E-state index contributed by atoms with van der Waals surface area (Å²) >= 11 is 0. The molecule has 1 heterocycles. The first-order valence-electron chi connectivity index (χ1n) is 8.12. The summed E-state index contributed by atoms with van der Waals surface area (Å²) in [4.78, 5) is 10.9. The second-order valence-electron chi connectivity index (χ2n) is 6.81. The fourth-order valence-corrected chi connectivity index (χ4v) is 3.50. The predicted molar refractivity (Wildman–Crippen MR) is 78.8 cm³/mol. The van der Waals surface area contributed by atoms with E-state index in [0.717, 1.165) is 58.1 Å². The molecular formula is C16H29NO3. The van der Waals surface area contributed by atoms with Gasteiger partial charge in [0.1, 0.15) is 0 Å². The molecular weight excluding hydrogens is 254 g/mol. The maximum Gasteiger partial charge on any atom is 0.306 e. The van der Waals surface area contributed by atoms with Gasteiger partial charge in [-0.2, -0.15) is 0 Å². The van der Waals surface area contributed by atoms with Crippen molar-refractivity contribution in [1.29, 1.82) is 0 Å². The summed E-state index contributed by atoms with van der Waals surface area (Å²) in [5.74, 6) is -0.0569. The van der Waals surface area contributed by atoms with Gasteiger partial charge >= 0.3 is 5.97 Å². The van der Waals surface area contributed by atoms with Gasteiger partial charge in [-0.25, -0.2) is 0 Å². The molecule has 0 bridgehead atoms. The lowest BCUT2D eigenvalue weighted by molar-refractivity contribution is -0.143. The monoisotopic (exact) mass is 283 g/mol. The quantitative estimate of drug-likeness (QED) is 0.814. The van der Waals surface area contributed by atoms with Crippen LogP contribution in [0.5, 0.6) is 0 Å². The lowest BCUT2D eigenvalue weighted by Crippen LogP contribution is -2.46. The van der Waals surface area contributed by atoms with Gasteiger partial charge < -0.3 is 15.2 Å². The molecule has 0 radical (unpaired) electrons. The summed E-state index contributed by atoms with van der Waals surface area (Å²) < 4.78 is 5.87. The molecule has 0 amide bonds. The lowest BCUT2D eigenvalue weighted by Gasteiger charge is -2.39. The van der Waals surface area contributed by atoms with Gasteiger partial charge in [-0.05, 0) is 64.3 Å². The van der Waals surface area contributed by atoms with Crippen LogP contribution >= 0.6 is 0 Å². The molecule has 2 rings (SSSR count). The molecule has 20 heavy (non-hydrogen) atoms. The molecule has 0 aromatic rings. The van der Waals surface area contributed by atoms with Crippen molar-refractivity contribution < 1.29 is 14.6 Å². The largest absolute Gasteiger partial charge is 0.481 e. The molecule has 1 aliphatic heterocycles. The van der Waals surface area contributed by atoms with Crippen molar-refractivity contribution in [2.75, 3.05) is 13.2 Å². The van der Waals surface area contributed by atoms with E-state index in [-0.39, 0.29) is 11.5 Å². The second-order valence-corrected chi connectivity index (χ2v) is 6.81. The number of hydrogen-bond donors (Lipinski definition) is 2. The van der Waals surface area contributed by atoms with E-state index in [1.807, 2.05) is 0 Å². The summed E-state index contributed by atoms with van der Waals surface area (Å²) in [6.07, 6.45) is 7.06. The van der Waals surface area contributed by atoms with Crippen molar-refractivity contribution >= 4 is 5.97 Å². The van der Waals surface area contributed by atoms with E-state index in [1.54, 1.807) is 0 Å². The highest BCUT2D eigenvalue weighted by molar-refractivity contribution is 5.69. The fourth-order valence-electron chi connectivity index (χ4n) is 3.50. The maximum absolute atomic E-state index is 10.9. The summed E-state index contributed by atoms with van der Waals surface area (Å²) in [5, 5.41) is 12.7. The van der Waals surface area contributed by atoms with Gasteiger partial charge in [-0.15, -0.1) is 0 Å². The van der Waals surface area contributed by atoms with Crippen LogP contribution < -0.4 is 5.32 Å². The highest BCUT2D eigenvalue weighted by Gasteiger charge is 2.32.